The fraction of sp³-hybridized carbons (Fsp3) is 0.444. The molecule has 1 aromatic heterocycles. The molecule has 1 fully saturated rings. The Labute approximate surface area is 89.3 Å². The van der Waals surface area contributed by atoms with E-state index in [-0.39, 0.29) is 0 Å². The van der Waals surface area contributed by atoms with Crippen LogP contribution in [0.25, 0.3) is 6.20 Å². The molecule has 2 N–H and O–H groups in total. The summed E-state index contributed by atoms with van der Waals surface area (Å²) in [5.74, 6) is 0. The summed E-state index contributed by atoms with van der Waals surface area (Å²) in [5.41, 5.74) is 5.22. The van der Waals surface area contributed by atoms with Crippen LogP contribution < -0.4 is 5.73 Å². The molecule has 0 radical (unpaired) electrons. The third-order valence-corrected chi connectivity index (χ3v) is 3.12. The Kier molecular flexibility index (Phi) is 3.88. The summed E-state index contributed by atoms with van der Waals surface area (Å²) in [6.45, 7) is 3.65. The van der Waals surface area contributed by atoms with E-state index in [1.807, 2.05) is 28.6 Å². The molecule has 0 unspecified atom stereocenters. The molecule has 0 saturated heterocycles. The first-order valence-electron chi connectivity index (χ1n) is 4.22. The van der Waals surface area contributed by atoms with Crippen LogP contribution in [0, 0.1) is 3.80 Å². The average molecular weight is 360 g/mol. The van der Waals surface area contributed by atoms with Crippen LogP contribution in [0.15, 0.2) is 19.0 Å². The second-order valence-corrected chi connectivity index (χ2v) is 4.09. The van der Waals surface area contributed by atoms with Crippen LogP contribution in [0.1, 0.15) is 12.8 Å². The topological polar surface area (TPSA) is 35.9 Å². The first kappa shape index (κ1) is 10.7. The molecule has 0 aliphatic heterocycles. The van der Waals surface area contributed by atoms with Gasteiger partial charge in [-0.2, -0.15) is 0 Å². The van der Waals surface area contributed by atoms with E-state index < -0.39 is 0 Å². The molecule has 0 spiro atoms. The first-order valence-corrected chi connectivity index (χ1v) is 5.35. The van der Waals surface area contributed by atoms with Gasteiger partial charge in [-0.1, -0.05) is 0 Å². The van der Waals surface area contributed by atoms with Gasteiger partial charge in [0.1, 0.15) is 0 Å². The van der Waals surface area contributed by atoms with Crippen molar-refractivity contribution in [3.8, 4) is 0 Å². The molecule has 1 aliphatic carbocycles. The second-order valence-electron chi connectivity index (χ2n) is 3.08. The number of rotatable bonds is 1. The largest absolute Gasteiger partial charge is 0.328 e. The van der Waals surface area contributed by atoms with Crippen LogP contribution >= 0.6 is 0 Å². The van der Waals surface area contributed by atoms with Gasteiger partial charge < -0.3 is 5.73 Å². The van der Waals surface area contributed by atoms with Crippen molar-refractivity contribution in [1.29, 1.82) is 0 Å². The zero-order valence-corrected chi connectivity index (χ0v) is 9.99. The van der Waals surface area contributed by atoms with Gasteiger partial charge in [-0.3, -0.25) is 0 Å². The molecule has 3 nitrogen and oxygen atoms in total. The minimum atomic E-state index is 0.583. The SMILES string of the molecule is C=Cn1ccn(C)[c]1=[Pt].NC1CC1. The minimum absolute atomic E-state index is 0.583. The van der Waals surface area contributed by atoms with Crippen molar-refractivity contribution in [3.63, 3.8) is 0 Å². The Morgan fingerprint density at radius 1 is 1.62 bits per heavy atom. The molecule has 76 valence electrons. The molecule has 13 heavy (non-hydrogen) atoms. The monoisotopic (exact) mass is 360 g/mol. The molecule has 4 heteroatoms. The van der Waals surface area contributed by atoms with E-state index in [1.54, 1.807) is 6.20 Å². The summed E-state index contributed by atoms with van der Waals surface area (Å²) >= 11 is 2.24. The molecule has 0 aromatic carbocycles. The van der Waals surface area contributed by atoms with Crippen molar-refractivity contribution < 1.29 is 19.4 Å². The van der Waals surface area contributed by atoms with Gasteiger partial charge in [0.05, 0.1) is 0 Å². The zero-order chi connectivity index (χ0) is 9.84. The smallest absolute Gasteiger partial charge is 0.00399 e. The minimum Gasteiger partial charge on any atom is -0.328 e. The van der Waals surface area contributed by atoms with E-state index in [0.717, 1.165) is 3.80 Å². The van der Waals surface area contributed by atoms with Gasteiger partial charge in [0.15, 0.2) is 0 Å². The van der Waals surface area contributed by atoms with Gasteiger partial charge in [0.2, 0.25) is 0 Å². The molecule has 2 rings (SSSR count). The van der Waals surface area contributed by atoms with Crippen LogP contribution in [-0.4, -0.2) is 15.2 Å². The van der Waals surface area contributed by atoms with E-state index in [4.69, 9.17) is 5.73 Å². The molecule has 1 heterocycles. The molecular weight excluding hydrogens is 345 g/mol. The third kappa shape index (κ3) is 3.45. The van der Waals surface area contributed by atoms with Crippen LogP contribution in [0.5, 0.6) is 0 Å². The van der Waals surface area contributed by atoms with Crippen molar-refractivity contribution in [2.75, 3.05) is 0 Å². The first-order chi connectivity index (χ1) is 6.15. The van der Waals surface area contributed by atoms with Crippen LogP contribution in [0.3, 0.4) is 0 Å². The summed E-state index contributed by atoms with van der Waals surface area (Å²) in [6.07, 6.45) is 8.27. The van der Waals surface area contributed by atoms with E-state index in [9.17, 15) is 0 Å². The van der Waals surface area contributed by atoms with Crippen LogP contribution in [0.4, 0.5) is 0 Å². The molecule has 0 bridgehead atoms. The summed E-state index contributed by atoms with van der Waals surface area (Å²) < 4.78 is 5.15. The van der Waals surface area contributed by atoms with Gasteiger partial charge >= 0.3 is 64.5 Å². The Hall–Kier alpha value is -0.402. The van der Waals surface area contributed by atoms with Crippen molar-refractivity contribution in [2.45, 2.75) is 18.9 Å². The number of hydrogen-bond donors (Lipinski definition) is 1. The number of aryl methyl sites for hydroxylation is 1. The zero-order valence-electron chi connectivity index (χ0n) is 7.72. The molecule has 1 aromatic rings. The van der Waals surface area contributed by atoms with Crippen molar-refractivity contribution >= 4 is 6.20 Å². The number of nitrogens with two attached hydrogens (primary N) is 1. The fourth-order valence-electron chi connectivity index (χ4n) is 0.695. The van der Waals surface area contributed by atoms with E-state index in [0.29, 0.717) is 6.04 Å². The predicted molar refractivity (Wildman–Crippen MR) is 50.2 cm³/mol. The molecule has 0 amide bonds. The van der Waals surface area contributed by atoms with Crippen molar-refractivity contribution in [1.82, 2.24) is 9.13 Å². The van der Waals surface area contributed by atoms with Gasteiger partial charge in [0, 0.05) is 6.04 Å². The average Bonchev–Trinajstić information content (AvgIpc) is 2.82. The number of imidazole rings is 1. The van der Waals surface area contributed by atoms with Gasteiger partial charge in [-0.15, -0.1) is 0 Å². The van der Waals surface area contributed by atoms with Gasteiger partial charge in [-0.25, -0.2) is 0 Å². The van der Waals surface area contributed by atoms with E-state index >= 15 is 0 Å². The summed E-state index contributed by atoms with van der Waals surface area (Å²) in [6, 6.07) is 0.583. The molecule has 1 saturated carbocycles. The Morgan fingerprint density at radius 2 is 2.15 bits per heavy atom. The van der Waals surface area contributed by atoms with Gasteiger partial charge in [0.25, 0.3) is 0 Å². The Bertz CT molecular complexity index is 333. The van der Waals surface area contributed by atoms with Crippen LogP contribution in [0.2, 0.25) is 0 Å². The second kappa shape index (κ2) is 4.73. The number of hydrogen-bond acceptors (Lipinski definition) is 1. The summed E-state index contributed by atoms with van der Waals surface area (Å²) in [5, 5.41) is 0. The maximum absolute atomic E-state index is 5.22. The quantitative estimate of drug-likeness (QED) is 0.801. The van der Waals surface area contributed by atoms with E-state index in [2.05, 4.69) is 25.9 Å². The standard InChI is InChI=1S/C6H8N2.C3H7N.Pt/c1-3-8-5-4-7(2)6-8;4-3-1-2-3;/h3-5H,1H2,2H3;3H,1-2,4H2;. The number of nitrogens with zero attached hydrogens (tertiary/aromatic N) is 2. The third-order valence-electron chi connectivity index (χ3n) is 1.74. The normalized spacial score (nSPS) is 14.8. The predicted octanol–water partition coefficient (Wildman–Crippen LogP) is 1.11. The van der Waals surface area contributed by atoms with Crippen molar-refractivity contribution in [2.24, 2.45) is 12.8 Å². The fourth-order valence-corrected chi connectivity index (χ4v) is 1.24. The van der Waals surface area contributed by atoms with Crippen molar-refractivity contribution in [3.05, 3.63) is 22.8 Å². The Morgan fingerprint density at radius 3 is 2.31 bits per heavy atom. The maximum Gasteiger partial charge on any atom is 0.00399 e. The summed E-state index contributed by atoms with van der Waals surface area (Å²) in [7, 11) is 2.00. The molecule has 1 aliphatic rings. The number of aromatic nitrogens is 2. The molecular formula is C9H15N3Pt. The maximum atomic E-state index is 5.22. The molecule has 0 atom stereocenters. The van der Waals surface area contributed by atoms with Crippen LogP contribution in [-0.2, 0) is 26.4 Å². The summed E-state index contributed by atoms with van der Waals surface area (Å²) in [4.78, 5) is 0. The van der Waals surface area contributed by atoms with Gasteiger partial charge in [-0.05, 0) is 12.8 Å². The Balaban J connectivity index is 0.000000175. The van der Waals surface area contributed by atoms with E-state index in [1.165, 1.54) is 12.8 Å².